The van der Waals surface area contributed by atoms with E-state index in [-0.39, 0.29) is 12.5 Å². The standard InChI is InChI=1S/C12H16BrN3O3/c1-14-7-9(13)6-10(14)12(19)16-4-2-15(3-5-16)8-11(17)18/h6-7H,2-5,8H2,1H3,(H,17,18). The second-order valence-corrected chi connectivity index (χ2v) is 5.53. The molecule has 0 aromatic carbocycles. The molecular formula is C12H16BrN3O3. The number of piperazine rings is 1. The van der Waals surface area contributed by atoms with Crippen LogP contribution in [0.25, 0.3) is 0 Å². The van der Waals surface area contributed by atoms with Crippen LogP contribution >= 0.6 is 15.9 Å². The highest BCUT2D eigenvalue weighted by molar-refractivity contribution is 9.10. The maximum atomic E-state index is 12.3. The fourth-order valence-corrected chi connectivity index (χ4v) is 2.72. The van der Waals surface area contributed by atoms with Gasteiger partial charge in [0.15, 0.2) is 0 Å². The first-order valence-electron chi connectivity index (χ1n) is 6.02. The van der Waals surface area contributed by atoms with Crippen LogP contribution in [-0.4, -0.2) is 64.1 Å². The predicted octanol–water partition coefficient (Wildman–Crippen LogP) is 0.630. The summed E-state index contributed by atoms with van der Waals surface area (Å²) in [6.45, 7) is 2.37. The Balaban J connectivity index is 1.96. The smallest absolute Gasteiger partial charge is 0.317 e. The summed E-state index contributed by atoms with van der Waals surface area (Å²) in [6, 6.07) is 1.80. The van der Waals surface area contributed by atoms with Crippen molar-refractivity contribution in [3.8, 4) is 0 Å². The van der Waals surface area contributed by atoms with Gasteiger partial charge in [0.1, 0.15) is 5.69 Å². The highest BCUT2D eigenvalue weighted by Crippen LogP contribution is 2.16. The van der Waals surface area contributed by atoms with Gasteiger partial charge in [0.2, 0.25) is 0 Å². The fraction of sp³-hybridized carbons (Fsp3) is 0.500. The van der Waals surface area contributed by atoms with Crippen molar-refractivity contribution in [2.24, 2.45) is 7.05 Å². The van der Waals surface area contributed by atoms with E-state index < -0.39 is 5.97 Å². The number of nitrogens with zero attached hydrogens (tertiary/aromatic N) is 3. The SMILES string of the molecule is Cn1cc(Br)cc1C(=O)N1CCN(CC(=O)O)CC1. The van der Waals surface area contributed by atoms with Crippen molar-refractivity contribution in [3.05, 3.63) is 22.4 Å². The van der Waals surface area contributed by atoms with E-state index in [1.54, 1.807) is 15.5 Å². The highest BCUT2D eigenvalue weighted by Gasteiger charge is 2.24. The number of amides is 1. The van der Waals surface area contributed by atoms with Gasteiger partial charge in [-0.2, -0.15) is 0 Å². The second-order valence-electron chi connectivity index (χ2n) is 4.62. The van der Waals surface area contributed by atoms with Crippen molar-refractivity contribution in [2.45, 2.75) is 0 Å². The van der Waals surface area contributed by atoms with Crippen LogP contribution in [0.1, 0.15) is 10.5 Å². The third-order valence-corrected chi connectivity index (χ3v) is 3.64. The van der Waals surface area contributed by atoms with E-state index in [0.717, 1.165) is 4.47 Å². The first-order valence-corrected chi connectivity index (χ1v) is 6.82. The lowest BCUT2D eigenvalue weighted by atomic mass is 10.2. The Morgan fingerprint density at radius 3 is 2.42 bits per heavy atom. The van der Waals surface area contributed by atoms with Crippen LogP contribution in [0.4, 0.5) is 0 Å². The Morgan fingerprint density at radius 2 is 1.95 bits per heavy atom. The van der Waals surface area contributed by atoms with E-state index >= 15 is 0 Å². The summed E-state index contributed by atoms with van der Waals surface area (Å²) >= 11 is 3.35. The van der Waals surface area contributed by atoms with Crippen LogP contribution in [0.15, 0.2) is 16.7 Å². The molecule has 2 rings (SSSR count). The molecule has 0 bridgehead atoms. The monoisotopic (exact) mass is 329 g/mol. The van der Waals surface area contributed by atoms with Crippen molar-refractivity contribution in [1.82, 2.24) is 14.4 Å². The van der Waals surface area contributed by atoms with Gasteiger partial charge < -0.3 is 14.6 Å². The van der Waals surface area contributed by atoms with Crippen molar-refractivity contribution >= 4 is 27.8 Å². The number of hydrogen-bond donors (Lipinski definition) is 1. The molecule has 0 aliphatic carbocycles. The Bertz CT molecular complexity index is 492. The topological polar surface area (TPSA) is 65.8 Å². The van der Waals surface area contributed by atoms with E-state index in [9.17, 15) is 9.59 Å². The minimum Gasteiger partial charge on any atom is -0.480 e. The maximum Gasteiger partial charge on any atom is 0.317 e. The molecule has 6 nitrogen and oxygen atoms in total. The lowest BCUT2D eigenvalue weighted by Crippen LogP contribution is -2.50. The summed E-state index contributed by atoms with van der Waals surface area (Å²) in [7, 11) is 1.83. The zero-order chi connectivity index (χ0) is 14.0. The lowest BCUT2D eigenvalue weighted by molar-refractivity contribution is -0.138. The number of aromatic nitrogens is 1. The maximum absolute atomic E-state index is 12.3. The number of aliphatic carboxylic acids is 1. The minimum absolute atomic E-state index is 0.0109. The zero-order valence-electron chi connectivity index (χ0n) is 10.7. The molecule has 0 unspecified atom stereocenters. The normalized spacial score (nSPS) is 16.6. The molecule has 2 heterocycles. The molecule has 1 aliphatic rings. The molecule has 0 radical (unpaired) electrons. The Kier molecular flexibility index (Phi) is 4.26. The molecule has 1 saturated heterocycles. The average Bonchev–Trinajstić information content (AvgIpc) is 2.68. The summed E-state index contributed by atoms with van der Waals surface area (Å²) in [4.78, 5) is 26.5. The van der Waals surface area contributed by atoms with Crippen LogP contribution < -0.4 is 0 Å². The van der Waals surface area contributed by atoms with Gasteiger partial charge >= 0.3 is 5.97 Å². The number of aryl methyl sites for hydroxylation is 1. The van der Waals surface area contributed by atoms with E-state index in [1.165, 1.54) is 0 Å². The van der Waals surface area contributed by atoms with E-state index in [1.807, 2.05) is 18.1 Å². The number of carboxylic acids is 1. The molecule has 1 fully saturated rings. The van der Waals surface area contributed by atoms with Crippen molar-refractivity contribution < 1.29 is 14.7 Å². The van der Waals surface area contributed by atoms with Crippen LogP contribution in [0.5, 0.6) is 0 Å². The summed E-state index contributed by atoms with van der Waals surface area (Å²) in [5.41, 5.74) is 0.638. The summed E-state index contributed by atoms with van der Waals surface area (Å²) in [6.07, 6.45) is 1.84. The number of carboxylic acid groups (broad SMARTS) is 1. The van der Waals surface area contributed by atoms with Gasteiger partial charge in [0.05, 0.1) is 6.54 Å². The van der Waals surface area contributed by atoms with Gasteiger partial charge in [0, 0.05) is 43.9 Å². The van der Waals surface area contributed by atoms with E-state index in [4.69, 9.17) is 5.11 Å². The van der Waals surface area contributed by atoms with Crippen LogP contribution in [-0.2, 0) is 11.8 Å². The van der Waals surface area contributed by atoms with Crippen molar-refractivity contribution in [2.75, 3.05) is 32.7 Å². The molecule has 0 saturated carbocycles. The summed E-state index contributed by atoms with van der Waals surface area (Å²) in [5.74, 6) is -0.839. The number of halogens is 1. The predicted molar refractivity (Wildman–Crippen MR) is 73.1 cm³/mol. The second kappa shape index (κ2) is 5.75. The first-order chi connectivity index (χ1) is 8.97. The third-order valence-electron chi connectivity index (χ3n) is 3.21. The molecule has 1 N–H and O–H groups in total. The molecule has 104 valence electrons. The fourth-order valence-electron chi connectivity index (χ4n) is 2.20. The molecule has 0 spiro atoms. The Morgan fingerprint density at radius 1 is 1.32 bits per heavy atom. The number of hydrogen-bond acceptors (Lipinski definition) is 3. The summed E-state index contributed by atoms with van der Waals surface area (Å²) < 4.78 is 2.67. The van der Waals surface area contributed by atoms with Crippen molar-refractivity contribution in [3.63, 3.8) is 0 Å². The molecule has 1 aliphatic heterocycles. The Hall–Kier alpha value is -1.34. The average molecular weight is 330 g/mol. The number of carbonyl (C=O) groups excluding carboxylic acids is 1. The van der Waals surface area contributed by atoms with Crippen LogP contribution in [0.3, 0.4) is 0 Å². The van der Waals surface area contributed by atoms with Gasteiger partial charge in [-0.25, -0.2) is 0 Å². The van der Waals surface area contributed by atoms with E-state index in [2.05, 4.69) is 15.9 Å². The molecular weight excluding hydrogens is 314 g/mol. The third kappa shape index (κ3) is 3.36. The molecule has 1 amide bonds. The van der Waals surface area contributed by atoms with Gasteiger partial charge in [-0.1, -0.05) is 0 Å². The lowest BCUT2D eigenvalue weighted by Gasteiger charge is -2.33. The van der Waals surface area contributed by atoms with Crippen LogP contribution in [0, 0.1) is 0 Å². The highest BCUT2D eigenvalue weighted by atomic mass is 79.9. The first kappa shape index (κ1) is 14.1. The number of rotatable bonds is 3. The molecule has 7 heteroatoms. The summed E-state index contributed by atoms with van der Waals surface area (Å²) in [5, 5.41) is 8.73. The van der Waals surface area contributed by atoms with Gasteiger partial charge in [-0.3, -0.25) is 14.5 Å². The zero-order valence-corrected chi connectivity index (χ0v) is 12.3. The van der Waals surface area contributed by atoms with Gasteiger partial charge in [-0.15, -0.1) is 0 Å². The largest absolute Gasteiger partial charge is 0.480 e. The van der Waals surface area contributed by atoms with Gasteiger partial charge in [-0.05, 0) is 22.0 Å². The van der Waals surface area contributed by atoms with E-state index in [0.29, 0.717) is 31.9 Å². The quantitative estimate of drug-likeness (QED) is 0.883. The molecule has 1 aromatic rings. The molecule has 19 heavy (non-hydrogen) atoms. The van der Waals surface area contributed by atoms with Gasteiger partial charge in [0.25, 0.3) is 5.91 Å². The number of carbonyl (C=O) groups is 2. The Labute approximate surface area is 119 Å². The van der Waals surface area contributed by atoms with Crippen LogP contribution in [0.2, 0.25) is 0 Å². The van der Waals surface area contributed by atoms with Crippen molar-refractivity contribution in [1.29, 1.82) is 0 Å². The minimum atomic E-state index is -0.828. The molecule has 1 aromatic heterocycles. The molecule has 0 atom stereocenters.